The van der Waals surface area contributed by atoms with Crippen LogP contribution in [0.4, 0.5) is 11.5 Å². The summed E-state index contributed by atoms with van der Waals surface area (Å²) in [5, 5.41) is 0.928. The van der Waals surface area contributed by atoms with Crippen LogP contribution in [0, 0.1) is 5.41 Å². The monoisotopic (exact) mass is 373 g/mol. The molecule has 0 bridgehead atoms. The van der Waals surface area contributed by atoms with Gasteiger partial charge in [-0.15, -0.1) is 0 Å². The van der Waals surface area contributed by atoms with Crippen molar-refractivity contribution in [2.45, 2.75) is 77.8 Å². The molecule has 0 amide bonds. The highest BCUT2D eigenvalue weighted by Crippen LogP contribution is 2.49. The minimum absolute atomic E-state index is 0.152. The smallest absolute Gasteiger partial charge is 0.159 e. The van der Waals surface area contributed by atoms with Crippen molar-refractivity contribution >= 4 is 29.0 Å². The number of aliphatic imine (C=N–C) groups is 1. The Hall–Kier alpha value is -1.56. The van der Waals surface area contributed by atoms with E-state index in [0.717, 1.165) is 52.2 Å². The topological polar surface area (TPSA) is 67.4 Å². The van der Waals surface area contributed by atoms with E-state index >= 15 is 0 Å². The number of fused-ring (bicyclic) bond motifs is 2. The van der Waals surface area contributed by atoms with Crippen LogP contribution in [0.25, 0.3) is 0 Å². The largest absolute Gasteiger partial charge is 0.401 e. The molecule has 3 rings (SSSR count). The van der Waals surface area contributed by atoms with Gasteiger partial charge in [0.15, 0.2) is 5.82 Å². The van der Waals surface area contributed by atoms with Crippen LogP contribution < -0.4 is 10.6 Å². The van der Waals surface area contributed by atoms with Gasteiger partial charge in [0.1, 0.15) is 17.0 Å². The average molecular weight is 374 g/mol. The number of anilines is 1. The Morgan fingerprint density at radius 1 is 1.23 bits per heavy atom. The third-order valence-electron chi connectivity index (χ3n) is 4.98. The third kappa shape index (κ3) is 3.90. The van der Waals surface area contributed by atoms with Gasteiger partial charge in [0, 0.05) is 18.3 Å². The maximum atomic E-state index is 6.37. The van der Waals surface area contributed by atoms with Gasteiger partial charge in [0.2, 0.25) is 0 Å². The van der Waals surface area contributed by atoms with E-state index in [2.05, 4.69) is 49.5 Å². The van der Waals surface area contributed by atoms with Crippen molar-refractivity contribution in [2.24, 2.45) is 16.1 Å². The van der Waals surface area contributed by atoms with Gasteiger partial charge in [-0.3, -0.25) is 0 Å². The molecule has 142 valence electrons. The van der Waals surface area contributed by atoms with Crippen molar-refractivity contribution in [2.75, 3.05) is 11.4 Å². The van der Waals surface area contributed by atoms with E-state index < -0.39 is 0 Å². The highest BCUT2D eigenvalue weighted by atomic mass is 32.2. The summed E-state index contributed by atoms with van der Waals surface area (Å²) in [6.45, 7) is 12.2. The van der Waals surface area contributed by atoms with Crippen LogP contribution in [-0.4, -0.2) is 28.3 Å². The standard InChI is InChI=1S/C20H31N5S/c1-6-7-8-9-25(13(2)3)18-16-19(23-12-22-18)26-17-14(21)10-20(4,5)11-15(17)24-16/h12-13H,6-11,21H2,1-5H3. The summed E-state index contributed by atoms with van der Waals surface area (Å²) in [6, 6.07) is 0.376. The van der Waals surface area contributed by atoms with Gasteiger partial charge in [0.25, 0.3) is 0 Å². The van der Waals surface area contributed by atoms with Crippen LogP contribution >= 0.6 is 11.8 Å². The number of rotatable bonds is 6. The molecular weight excluding hydrogens is 342 g/mol. The van der Waals surface area contributed by atoms with Crippen molar-refractivity contribution in [3.8, 4) is 0 Å². The highest BCUT2D eigenvalue weighted by Gasteiger charge is 2.35. The maximum absolute atomic E-state index is 6.37. The average Bonchev–Trinajstić information content (AvgIpc) is 2.56. The van der Waals surface area contributed by atoms with Crippen molar-refractivity contribution in [1.29, 1.82) is 0 Å². The lowest BCUT2D eigenvalue weighted by Gasteiger charge is -2.35. The molecule has 1 aliphatic heterocycles. The molecular formula is C20H31N5S. The first-order valence-electron chi connectivity index (χ1n) is 9.68. The first kappa shape index (κ1) is 19.2. The molecule has 2 heterocycles. The lowest BCUT2D eigenvalue weighted by atomic mass is 9.78. The van der Waals surface area contributed by atoms with Crippen LogP contribution in [0.15, 0.2) is 26.9 Å². The Balaban J connectivity index is 2.01. The molecule has 1 aromatic rings. The molecule has 0 unspecified atom stereocenters. The van der Waals surface area contributed by atoms with Gasteiger partial charge in [-0.1, -0.05) is 45.4 Å². The van der Waals surface area contributed by atoms with Crippen molar-refractivity contribution in [1.82, 2.24) is 9.97 Å². The van der Waals surface area contributed by atoms with E-state index in [0.29, 0.717) is 6.04 Å². The predicted molar refractivity (Wildman–Crippen MR) is 111 cm³/mol. The fourth-order valence-electron chi connectivity index (χ4n) is 3.70. The maximum Gasteiger partial charge on any atom is 0.159 e. The fourth-order valence-corrected chi connectivity index (χ4v) is 4.67. The van der Waals surface area contributed by atoms with Gasteiger partial charge in [-0.05, 0) is 38.5 Å². The van der Waals surface area contributed by atoms with E-state index in [1.54, 1.807) is 18.1 Å². The number of thioether (sulfide) groups is 1. The number of aromatic nitrogens is 2. The minimum atomic E-state index is 0.152. The summed E-state index contributed by atoms with van der Waals surface area (Å²) >= 11 is 1.67. The fraction of sp³-hybridized carbons (Fsp3) is 0.650. The molecule has 0 aromatic carbocycles. The molecule has 6 heteroatoms. The second-order valence-electron chi connectivity index (χ2n) is 8.38. The van der Waals surface area contributed by atoms with E-state index in [-0.39, 0.29) is 5.41 Å². The molecule has 0 atom stereocenters. The highest BCUT2D eigenvalue weighted by molar-refractivity contribution is 8.04. The van der Waals surface area contributed by atoms with Crippen LogP contribution in [-0.2, 0) is 0 Å². The summed E-state index contributed by atoms with van der Waals surface area (Å²) in [6.07, 6.45) is 7.15. The summed E-state index contributed by atoms with van der Waals surface area (Å²) in [5.41, 5.74) is 9.49. The zero-order chi connectivity index (χ0) is 18.9. The second-order valence-corrected chi connectivity index (χ2v) is 9.38. The zero-order valence-electron chi connectivity index (χ0n) is 16.7. The Labute approximate surface area is 161 Å². The van der Waals surface area contributed by atoms with Gasteiger partial charge >= 0.3 is 0 Å². The quantitative estimate of drug-likeness (QED) is 0.558. The second kappa shape index (κ2) is 7.59. The van der Waals surface area contributed by atoms with E-state index in [1.165, 1.54) is 19.3 Å². The van der Waals surface area contributed by atoms with E-state index in [9.17, 15) is 0 Å². The van der Waals surface area contributed by atoms with Crippen LogP contribution in [0.5, 0.6) is 0 Å². The van der Waals surface area contributed by atoms with Gasteiger partial charge in [-0.25, -0.2) is 15.0 Å². The SMILES string of the molecule is CCCCCN(c1ncnc2c1N=C1CC(C)(C)CC(N)=C1S2)C(C)C. The van der Waals surface area contributed by atoms with E-state index in [4.69, 9.17) is 10.7 Å². The lowest BCUT2D eigenvalue weighted by molar-refractivity contribution is 0.371. The normalized spacial score (nSPS) is 18.5. The number of allylic oxidation sites excluding steroid dienone is 2. The lowest BCUT2D eigenvalue weighted by Crippen LogP contribution is -2.33. The van der Waals surface area contributed by atoms with Gasteiger partial charge < -0.3 is 10.6 Å². The molecule has 5 nitrogen and oxygen atoms in total. The zero-order valence-corrected chi connectivity index (χ0v) is 17.5. The Kier molecular flexibility index (Phi) is 5.61. The molecule has 26 heavy (non-hydrogen) atoms. The Bertz CT molecular complexity index is 736. The van der Waals surface area contributed by atoms with E-state index in [1.807, 2.05) is 0 Å². The molecule has 0 saturated carbocycles. The molecule has 2 N–H and O–H groups in total. The van der Waals surface area contributed by atoms with Crippen LogP contribution in [0.2, 0.25) is 0 Å². The van der Waals surface area contributed by atoms with Crippen molar-refractivity contribution in [3.05, 3.63) is 16.9 Å². The summed E-state index contributed by atoms with van der Waals surface area (Å²) in [7, 11) is 0. The predicted octanol–water partition coefficient (Wildman–Crippen LogP) is 5.05. The summed E-state index contributed by atoms with van der Waals surface area (Å²) in [4.78, 5) is 17.7. The van der Waals surface area contributed by atoms with Crippen molar-refractivity contribution in [3.63, 3.8) is 0 Å². The molecule has 0 fully saturated rings. The first-order chi connectivity index (χ1) is 12.3. The number of nitrogens with two attached hydrogens (primary N) is 1. The third-order valence-corrected chi connectivity index (χ3v) is 6.18. The Morgan fingerprint density at radius 3 is 2.69 bits per heavy atom. The molecule has 0 saturated heterocycles. The first-order valence-corrected chi connectivity index (χ1v) is 10.5. The van der Waals surface area contributed by atoms with Gasteiger partial charge in [-0.2, -0.15) is 0 Å². The summed E-state index contributed by atoms with van der Waals surface area (Å²) < 4.78 is 0. The van der Waals surface area contributed by atoms with Crippen LogP contribution in [0.3, 0.4) is 0 Å². The molecule has 2 aliphatic rings. The summed E-state index contributed by atoms with van der Waals surface area (Å²) in [5.74, 6) is 0.960. The number of nitrogens with zero attached hydrogens (tertiary/aromatic N) is 4. The molecule has 1 aliphatic carbocycles. The van der Waals surface area contributed by atoms with Crippen molar-refractivity contribution < 1.29 is 0 Å². The molecule has 0 spiro atoms. The Morgan fingerprint density at radius 2 is 2.00 bits per heavy atom. The molecule has 0 radical (unpaired) electrons. The molecule has 1 aromatic heterocycles. The van der Waals surface area contributed by atoms with Crippen LogP contribution in [0.1, 0.15) is 66.7 Å². The minimum Gasteiger partial charge on any atom is -0.401 e. The van der Waals surface area contributed by atoms with Gasteiger partial charge in [0.05, 0.1) is 10.6 Å². The number of hydrogen-bond acceptors (Lipinski definition) is 6. The number of unbranched alkanes of at least 4 members (excludes halogenated alkanes) is 2. The number of hydrogen-bond donors (Lipinski definition) is 1.